The molecule has 11 nitrogen and oxygen atoms in total. The summed E-state index contributed by atoms with van der Waals surface area (Å²) in [6, 6.07) is 2.52. The van der Waals surface area contributed by atoms with Crippen molar-refractivity contribution in [2.45, 2.75) is 49.4 Å². The topological polar surface area (TPSA) is 151 Å². The van der Waals surface area contributed by atoms with Crippen LogP contribution < -0.4 is 15.4 Å². The first kappa shape index (κ1) is 23.4. The molecule has 0 aliphatic carbocycles. The normalized spacial score (nSPS) is 22.9. The van der Waals surface area contributed by atoms with Crippen molar-refractivity contribution in [3.05, 3.63) is 23.8 Å². The molecule has 0 spiro atoms. The van der Waals surface area contributed by atoms with Crippen molar-refractivity contribution in [1.29, 1.82) is 0 Å². The molecule has 0 aromatic heterocycles. The highest BCUT2D eigenvalue weighted by Crippen LogP contribution is 2.50. The first-order chi connectivity index (χ1) is 15.1. The van der Waals surface area contributed by atoms with Crippen LogP contribution in [0, 0.1) is 0 Å². The zero-order valence-electron chi connectivity index (χ0n) is 17.6. The molecular weight excluding hydrogens is 442 g/mol. The smallest absolute Gasteiger partial charge is 0.480 e. The summed E-state index contributed by atoms with van der Waals surface area (Å²) in [5.74, 6) is -2.02. The Balaban J connectivity index is 1.73. The number of nitrogens with zero attached hydrogens (tertiary/aromatic N) is 1. The maximum atomic E-state index is 12.7. The summed E-state index contributed by atoms with van der Waals surface area (Å²) in [5, 5.41) is 14.1. The number of hydrogen-bond donors (Lipinski definition) is 3. The standard InChI is InChI=1S/C20H23N3O8S/c1-4-30-19(29)31-12-6-5-11(21-9-24)7-10(12)8-13(25)22-14-16(26)23-15(18(27)28)20(2,3)32-17(14)23/h5-7,9,14-15,17H,4,8H2,1-3H3,(H,21,24)(H,22,25)(H,27,28)/t14-,15+,17-/m1/s1. The Bertz CT molecular complexity index is 966. The van der Waals surface area contributed by atoms with E-state index >= 15 is 0 Å². The highest BCUT2D eigenvalue weighted by molar-refractivity contribution is 8.01. The number of carboxylic acid groups (broad SMARTS) is 1. The molecule has 3 atom stereocenters. The number of β-lactam (4-membered cyclic amide) rings is 1. The Labute approximate surface area is 187 Å². The van der Waals surface area contributed by atoms with Gasteiger partial charge in [0.2, 0.25) is 18.2 Å². The van der Waals surface area contributed by atoms with Gasteiger partial charge in [0.25, 0.3) is 0 Å². The Hall–Kier alpha value is -3.28. The lowest BCUT2D eigenvalue weighted by Gasteiger charge is -2.43. The number of nitrogens with one attached hydrogen (secondary N) is 2. The van der Waals surface area contributed by atoms with E-state index in [1.54, 1.807) is 20.8 Å². The zero-order chi connectivity index (χ0) is 23.6. The van der Waals surface area contributed by atoms with Crippen LogP contribution in [0.1, 0.15) is 26.3 Å². The Morgan fingerprint density at radius 2 is 2.03 bits per heavy atom. The van der Waals surface area contributed by atoms with Gasteiger partial charge >= 0.3 is 12.1 Å². The Kier molecular flexibility index (Phi) is 6.63. The third kappa shape index (κ3) is 4.49. The molecule has 2 heterocycles. The van der Waals surface area contributed by atoms with E-state index in [0.29, 0.717) is 12.1 Å². The van der Waals surface area contributed by atoms with Gasteiger partial charge in [-0.1, -0.05) is 0 Å². The summed E-state index contributed by atoms with van der Waals surface area (Å²) >= 11 is 1.32. The first-order valence-electron chi connectivity index (χ1n) is 9.79. The summed E-state index contributed by atoms with van der Waals surface area (Å²) in [6.45, 7) is 5.20. The number of carboxylic acids is 1. The molecule has 3 rings (SSSR count). The second kappa shape index (κ2) is 9.07. The predicted octanol–water partition coefficient (Wildman–Crippen LogP) is 0.964. The number of carbonyl (C=O) groups excluding carboxylic acids is 4. The molecule has 12 heteroatoms. The van der Waals surface area contributed by atoms with E-state index in [9.17, 15) is 29.1 Å². The van der Waals surface area contributed by atoms with E-state index in [1.165, 1.54) is 34.9 Å². The van der Waals surface area contributed by atoms with Crippen molar-refractivity contribution in [1.82, 2.24) is 10.2 Å². The Morgan fingerprint density at radius 1 is 1.31 bits per heavy atom. The van der Waals surface area contributed by atoms with Crippen LogP contribution in [0.4, 0.5) is 10.5 Å². The van der Waals surface area contributed by atoms with Gasteiger partial charge in [-0.3, -0.25) is 14.4 Å². The number of thioether (sulfide) groups is 1. The molecule has 2 aliphatic heterocycles. The predicted molar refractivity (Wildman–Crippen MR) is 113 cm³/mol. The fraction of sp³-hybridized carbons (Fsp3) is 0.450. The van der Waals surface area contributed by atoms with Gasteiger partial charge in [-0.25, -0.2) is 9.59 Å². The van der Waals surface area contributed by atoms with Crippen LogP contribution in [0.25, 0.3) is 0 Å². The third-order valence-electron chi connectivity index (χ3n) is 5.08. The van der Waals surface area contributed by atoms with Crippen LogP contribution in [-0.2, 0) is 30.3 Å². The second-order valence-electron chi connectivity index (χ2n) is 7.69. The molecular formula is C20H23N3O8S. The summed E-state index contributed by atoms with van der Waals surface area (Å²) in [5.41, 5.74) is 0.663. The number of aliphatic carboxylic acids is 1. The van der Waals surface area contributed by atoms with E-state index < -0.39 is 46.1 Å². The van der Waals surface area contributed by atoms with Gasteiger partial charge in [0.05, 0.1) is 13.0 Å². The summed E-state index contributed by atoms with van der Waals surface area (Å²) in [4.78, 5) is 60.6. The van der Waals surface area contributed by atoms with Crippen molar-refractivity contribution in [3.63, 3.8) is 0 Å². The van der Waals surface area contributed by atoms with Gasteiger partial charge in [0.15, 0.2) is 0 Å². The number of benzene rings is 1. The van der Waals surface area contributed by atoms with Crippen molar-refractivity contribution >= 4 is 47.8 Å². The molecule has 2 fully saturated rings. The molecule has 0 unspecified atom stereocenters. The summed E-state index contributed by atoms with van der Waals surface area (Å²) in [7, 11) is 0. The Morgan fingerprint density at radius 3 is 2.66 bits per heavy atom. The number of amides is 3. The number of carbonyl (C=O) groups is 5. The van der Waals surface area contributed by atoms with Crippen LogP contribution in [0.2, 0.25) is 0 Å². The minimum Gasteiger partial charge on any atom is -0.480 e. The maximum absolute atomic E-state index is 12.7. The van der Waals surface area contributed by atoms with E-state index in [4.69, 9.17) is 9.47 Å². The number of anilines is 1. The van der Waals surface area contributed by atoms with E-state index in [1.807, 2.05) is 0 Å². The van der Waals surface area contributed by atoms with Gasteiger partial charge < -0.3 is 30.1 Å². The van der Waals surface area contributed by atoms with Gasteiger partial charge in [-0.05, 0) is 39.0 Å². The van der Waals surface area contributed by atoms with Crippen LogP contribution in [0.3, 0.4) is 0 Å². The molecule has 2 saturated heterocycles. The van der Waals surface area contributed by atoms with E-state index in [2.05, 4.69) is 10.6 Å². The SMILES string of the molecule is CCOC(=O)Oc1ccc(NC=O)cc1CC(=O)N[C@@H]1C(=O)N2[C@@H]1SC(C)(C)[C@@H]2C(=O)O. The van der Waals surface area contributed by atoms with Gasteiger partial charge in [-0.2, -0.15) is 0 Å². The number of hydrogen-bond acceptors (Lipinski definition) is 8. The van der Waals surface area contributed by atoms with E-state index in [-0.39, 0.29) is 24.3 Å². The molecule has 172 valence electrons. The molecule has 0 bridgehead atoms. The average molecular weight is 465 g/mol. The average Bonchev–Trinajstić information content (AvgIpc) is 2.96. The van der Waals surface area contributed by atoms with Crippen molar-refractivity contribution in [2.24, 2.45) is 0 Å². The minimum absolute atomic E-state index is 0.0685. The van der Waals surface area contributed by atoms with Crippen molar-refractivity contribution in [3.8, 4) is 5.75 Å². The zero-order valence-corrected chi connectivity index (χ0v) is 18.4. The van der Waals surface area contributed by atoms with Gasteiger partial charge in [0.1, 0.15) is 23.2 Å². The molecule has 0 radical (unpaired) electrons. The van der Waals surface area contributed by atoms with Crippen LogP contribution in [-0.4, -0.2) is 69.2 Å². The molecule has 1 aromatic rings. The lowest BCUT2D eigenvalue weighted by Crippen LogP contribution is -2.70. The van der Waals surface area contributed by atoms with Crippen LogP contribution in [0.5, 0.6) is 5.75 Å². The van der Waals surface area contributed by atoms with Crippen LogP contribution in [0.15, 0.2) is 18.2 Å². The number of fused-ring (bicyclic) bond motifs is 1. The number of ether oxygens (including phenoxy) is 2. The summed E-state index contributed by atoms with van der Waals surface area (Å²) < 4.78 is 9.16. The van der Waals surface area contributed by atoms with Crippen molar-refractivity contribution < 1.29 is 38.6 Å². The fourth-order valence-corrected chi connectivity index (χ4v) is 5.38. The number of rotatable bonds is 8. The quantitative estimate of drug-likeness (QED) is 0.221. The monoisotopic (exact) mass is 465 g/mol. The molecule has 0 saturated carbocycles. The van der Waals surface area contributed by atoms with Crippen LogP contribution >= 0.6 is 11.8 Å². The molecule has 3 N–H and O–H groups in total. The molecule has 2 aliphatic rings. The minimum atomic E-state index is -1.09. The van der Waals surface area contributed by atoms with E-state index in [0.717, 1.165) is 0 Å². The largest absolute Gasteiger partial charge is 0.513 e. The lowest BCUT2D eigenvalue weighted by molar-refractivity contribution is -0.161. The molecule has 1 aromatic carbocycles. The van der Waals surface area contributed by atoms with Gasteiger partial charge in [-0.15, -0.1) is 11.8 Å². The van der Waals surface area contributed by atoms with Crippen molar-refractivity contribution in [2.75, 3.05) is 11.9 Å². The second-order valence-corrected chi connectivity index (χ2v) is 9.46. The lowest BCUT2D eigenvalue weighted by atomic mass is 9.96. The van der Waals surface area contributed by atoms with Gasteiger partial charge in [0, 0.05) is 16.0 Å². The molecule has 3 amide bonds. The third-order valence-corrected chi connectivity index (χ3v) is 6.66. The highest BCUT2D eigenvalue weighted by atomic mass is 32.2. The highest BCUT2D eigenvalue weighted by Gasteiger charge is 2.64. The summed E-state index contributed by atoms with van der Waals surface area (Å²) in [6.07, 6.45) is -0.736. The molecule has 32 heavy (non-hydrogen) atoms. The first-order valence-corrected chi connectivity index (χ1v) is 10.7. The fourth-order valence-electron chi connectivity index (χ4n) is 3.75. The maximum Gasteiger partial charge on any atom is 0.513 e.